The molecule has 0 aliphatic heterocycles. The highest BCUT2D eigenvalue weighted by Crippen LogP contribution is 2.65. The van der Waals surface area contributed by atoms with Crippen molar-refractivity contribution in [2.24, 2.45) is 46.3 Å². The fourth-order valence-electron chi connectivity index (χ4n) is 11.1. The Kier molecular flexibility index (Phi) is 10.1. The standard InChI is InChI=1S/C45H58O5/c1-29(2)10-9-11-30(3)32-14-19-39-37-17-15-33-24-35(20-23-45(33,5)40(37)21-22-44(39,4)27-32)49-43(47)28-48-34-16-18-36-38(31-12-7-6-8-13-31)26-42(46)50-41(36)25-34/h6-8,12-13,15-16,18,25-26,29-30,32,35,37,39-40H,9-11,14,17,19-24,27-28H2,1-5H3/t30-,32+,35-,37+,39-,40+,44+,45-/m0/s1. The van der Waals surface area contributed by atoms with E-state index in [1.54, 1.807) is 6.07 Å². The number of hydrogen-bond donors (Lipinski definition) is 0. The zero-order valence-corrected chi connectivity index (χ0v) is 31.0. The minimum absolute atomic E-state index is 0.105. The van der Waals surface area contributed by atoms with Crippen molar-refractivity contribution in [1.82, 2.24) is 0 Å². The van der Waals surface area contributed by atoms with Gasteiger partial charge in [-0.1, -0.05) is 95.9 Å². The van der Waals surface area contributed by atoms with Crippen LogP contribution in [0.2, 0.25) is 0 Å². The number of allylic oxidation sites excluding steroid dienone is 1. The maximum atomic E-state index is 13.0. The van der Waals surface area contributed by atoms with Crippen molar-refractivity contribution in [2.75, 3.05) is 6.61 Å². The molecule has 2 aromatic carbocycles. The first-order valence-corrected chi connectivity index (χ1v) is 19.7. The van der Waals surface area contributed by atoms with Gasteiger partial charge < -0.3 is 13.9 Å². The first kappa shape index (κ1) is 35.1. The maximum Gasteiger partial charge on any atom is 0.344 e. The third kappa shape index (κ3) is 7.08. The third-order valence-corrected chi connectivity index (χ3v) is 13.9. The van der Waals surface area contributed by atoms with Crippen molar-refractivity contribution in [3.8, 4) is 16.9 Å². The van der Waals surface area contributed by atoms with Gasteiger partial charge in [-0.3, -0.25) is 0 Å². The van der Waals surface area contributed by atoms with E-state index in [2.05, 4.69) is 40.7 Å². The number of hydrogen-bond acceptors (Lipinski definition) is 5. The largest absolute Gasteiger partial charge is 0.482 e. The molecular weight excluding hydrogens is 620 g/mol. The predicted octanol–water partition coefficient (Wildman–Crippen LogP) is 11.2. The Labute approximate surface area is 299 Å². The van der Waals surface area contributed by atoms with E-state index in [9.17, 15) is 9.59 Å². The molecule has 268 valence electrons. The average Bonchev–Trinajstić information content (AvgIpc) is 3.09. The number of fused-ring (bicyclic) bond motifs is 6. The fourth-order valence-corrected chi connectivity index (χ4v) is 11.1. The van der Waals surface area contributed by atoms with Crippen molar-refractivity contribution >= 4 is 16.9 Å². The van der Waals surface area contributed by atoms with E-state index in [0.29, 0.717) is 16.7 Å². The molecule has 0 saturated heterocycles. The molecular formula is C45H58O5. The van der Waals surface area contributed by atoms with Crippen LogP contribution in [-0.2, 0) is 9.53 Å². The highest BCUT2D eigenvalue weighted by atomic mass is 16.6. The Balaban J connectivity index is 0.945. The summed E-state index contributed by atoms with van der Waals surface area (Å²) in [4.78, 5) is 25.4. The number of carbonyl (C=O) groups is 1. The number of carbonyl (C=O) groups excluding carboxylic acids is 1. The second kappa shape index (κ2) is 14.4. The minimum atomic E-state index is -0.423. The zero-order valence-electron chi connectivity index (χ0n) is 31.0. The van der Waals surface area contributed by atoms with E-state index in [1.165, 1.54) is 69.4 Å². The molecule has 7 rings (SSSR count). The van der Waals surface area contributed by atoms with Crippen molar-refractivity contribution in [3.05, 3.63) is 76.7 Å². The van der Waals surface area contributed by atoms with Gasteiger partial charge in [0.15, 0.2) is 6.61 Å². The summed E-state index contributed by atoms with van der Waals surface area (Å²) < 4.78 is 17.4. The van der Waals surface area contributed by atoms with Gasteiger partial charge in [0.2, 0.25) is 0 Å². The maximum absolute atomic E-state index is 13.0. The molecule has 1 heterocycles. The lowest BCUT2D eigenvalue weighted by molar-refractivity contribution is -0.154. The van der Waals surface area contributed by atoms with Crippen molar-refractivity contribution in [1.29, 1.82) is 0 Å². The number of esters is 1. The van der Waals surface area contributed by atoms with Crippen molar-refractivity contribution in [3.63, 3.8) is 0 Å². The average molecular weight is 679 g/mol. The molecule has 0 N–H and O–H groups in total. The Hall–Kier alpha value is -3.34. The van der Waals surface area contributed by atoms with Crippen LogP contribution in [0.3, 0.4) is 0 Å². The van der Waals surface area contributed by atoms with Gasteiger partial charge in [-0.15, -0.1) is 0 Å². The molecule has 1 aromatic heterocycles. The second-order valence-corrected chi connectivity index (χ2v) is 17.4. The van der Waals surface area contributed by atoms with E-state index in [1.807, 2.05) is 42.5 Å². The molecule has 4 aliphatic rings. The summed E-state index contributed by atoms with van der Waals surface area (Å²) in [7, 11) is 0. The molecule has 50 heavy (non-hydrogen) atoms. The van der Waals surface area contributed by atoms with Crippen LogP contribution in [0.15, 0.2) is 75.5 Å². The number of rotatable bonds is 10. The third-order valence-electron chi connectivity index (χ3n) is 13.9. The topological polar surface area (TPSA) is 65.7 Å². The molecule has 0 bridgehead atoms. The van der Waals surface area contributed by atoms with E-state index in [4.69, 9.17) is 13.9 Å². The van der Waals surface area contributed by atoms with Crippen LogP contribution in [0.25, 0.3) is 22.1 Å². The normalized spacial score (nSPS) is 31.2. The van der Waals surface area contributed by atoms with Crippen LogP contribution < -0.4 is 10.4 Å². The van der Waals surface area contributed by atoms with Crippen molar-refractivity contribution in [2.45, 2.75) is 118 Å². The SMILES string of the molecule is CC(C)CCC[C@H](C)[C@@H]1CC[C@H]2[C@H]3CC=C4C[C@@H](OC(=O)COc5ccc6c(-c7ccccc7)cc(=O)oc6c5)CC[C@]4(C)[C@@H]3CC[C@]2(C)C1. The van der Waals surface area contributed by atoms with E-state index in [0.717, 1.165) is 71.3 Å². The lowest BCUT2D eigenvalue weighted by Crippen LogP contribution is -2.52. The Morgan fingerprint density at radius 2 is 1.76 bits per heavy atom. The molecule has 0 unspecified atom stereocenters. The second-order valence-electron chi connectivity index (χ2n) is 17.4. The van der Waals surface area contributed by atoms with Gasteiger partial charge in [0.05, 0.1) is 0 Å². The van der Waals surface area contributed by atoms with Gasteiger partial charge in [0.1, 0.15) is 17.4 Å². The summed E-state index contributed by atoms with van der Waals surface area (Å²) in [6.45, 7) is 12.3. The lowest BCUT2D eigenvalue weighted by Gasteiger charge is -2.61. The summed E-state index contributed by atoms with van der Waals surface area (Å²) in [6, 6.07) is 16.7. The molecule has 5 heteroatoms. The summed E-state index contributed by atoms with van der Waals surface area (Å²) in [5, 5.41) is 0.816. The summed E-state index contributed by atoms with van der Waals surface area (Å²) >= 11 is 0. The van der Waals surface area contributed by atoms with Gasteiger partial charge >= 0.3 is 11.6 Å². The van der Waals surface area contributed by atoms with E-state index in [-0.39, 0.29) is 24.1 Å². The van der Waals surface area contributed by atoms with Gasteiger partial charge in [-0.05, 0) is 121 Å². The Morgan fingerprint density at radius 1 is 0.940 bits per heavy atom. The molecule has 5 nitrogen and oxygen atoms in total. The van der Waals surface area contributed by atoms with Crippen molar-refractivity contribution < 1.29 is 18.7 Å². The monoisotopic (exact) mass is 678 g/mol. The Morgan fingerprint density at radius 3 is 2.56 bits per heavy atom. The van der Waals surface area contributed by atoms with Crippen LogP contribution >= 0.6 is 0 Å². The molecule has 3 fully saturated rings. The summed E-state index contributed by atoms with van der Waals surface area (Å²) in [5.74, 6) is 5.07. The molecule has 0 radical (unpaired) electrons. The van der Waals surface area contributed by atoms with E-state index < -0.39 is 5.63 Å². The summed E-state index contributed by atoms with van der Waals surface area (Å²) in [6.07, 6.45) is 17.6. The van der Waals surface area contributed by atoms with Gasteiger partial charge in [-0.2, -0.15) is 0 Å². The van der Waals surface area contributed by atoms with Gasteiger partial charge in [-0.25, -0.2) is 9.59 Å². The van der Waals surface area contributed by atoms with Crippen LogP contribution in [0, 0.1) is 46.3 Å². The minimum Gasteiger partial charge on any atom is -0.482 e. The smallest absolute Gasteiger partial charge is 0.344 e. The first-order chi connectivity index (χ1) is 24.0. The van der Waals surface area contributed by atoms with Crippen LogP contribution in [0.4, 0.5) is 0 Å². The molecule has 3 aromatic rings. The predicted molar refractivity (Wildman–Crippen MR) is 201 cm³/mol. The fraction of sp³-hybridized carbons (Fsp3) is 0.600. The first-order valence-electron chi connectivity index (χ1n) is 19.7. The lowest BCUT2D eigenvalue weighted by atomic mass is 9.44. The number of ether oxygens (including phenoxy) is 2. The van der Waals surface area contributed by atoms with E-state index >= 15 is 0 Å². The highest BCUT2D eigenvalue weighted by Gasteiger charge is 2.56. The number of benzene rings is 2. The van der Waals surface area contributed by atoms with Gasteiger partial charge in [0, 0.05) is 23.9 Å². The highest BCUT2D eigenvalue weighted by molar-refractivity contribution is 5.93. The van der Waals surface area contributed by atoms with Gasteiger partial charge in [0.25, 0.3) is 0 Å². The zero-order chi connectivity index (χ0) is 35.0. The molecule has 8 atom stereocenters. The van der Waals surface area contributed by atoms with Crippen LogP contribution in [0.1, 0.15) is 112 Å². The quantitative estimate of drug-likeness (QED) is 0.121. The molecule has 0 amide bonds. The molecule has 0 spiro atoms. The Bertz CT molecular complexity index is 1750. The summed E-state index contributed by atoms with van der Waals surface area (Å²) in [5.41, 5.74) is 3.99. The molecule has 4 aliphatic carbocycles. The van der Waals surface area contributed by atoms with Crippen LogP contribution in [-0.4, -0.2) is 18.7 Å². The molecule has 3 saturated carbocycles. The van der Waals surface area contributed by atoms with Crippen LogP contribution in [0.5, 0.6) is 5.75 Å².